The number of likely N-dealkylation sites (N-methyl/N-ethyl adjacent to an activating group) is 1. The Morgan fingerprint density at radius 2 is 2.12 bits per heavy atom. The third-order valence-corrected chi connectivity index (χ3v) is 4.01. The van der Waals surface area contributed by atoms with Crippen LogP contribution in [0.3, 0.4) is 0 Å². The molecule has 0 bridgehead atoms. The average molecular weight is 224 g/mol. The van der Waals surface area contributed by atoms with Crippen LogP contribution in [-0.4, -0.2) is 37.1 Å². The number of hydrogen-bond donors (Lipinski definition) is 1. The van der Waals surface area contributed by atoms with Crippen molar-refractivity contribution in [3.8, 4) is 0 Å². The molecule has 0 radical (unpaired) electrons. The lowest BCUT2D eigenvalue weighted by molar-refractivity contribution is 0.103. The lowest BCUT2D eigenvalue weighted by atomic mass is 9.84. The van der Waals surface area contributed by atoms with E-state index in [1.165, 1.54) is 25.7 Å². The maximum atomic E-state index is 3.73. The van der Waals surface area contributed by atoms with E-state index in [0.717, 1.165) is 25.0 Å². The Balaban J connectivity index is 2.35. The fraction of sp³-hybridized carbons (Fsp3) is 0.857. The first kappa shape index (κ1) is 13.7. The standard InChI is InChI=1S/C14H28N2/c1-5-10-15-11-13(3)16(4)14-9-7-6-8-12(14)2/h5,12-15H,1,6-11H2,2-4H3. The van der Waals surface area contributed by atoms with Crippen LogP contribution in [0.1, 0.15) is 39.5 Å². The molecule has 94 valence electrons. The second-order valence-electron chi connectivity index (χ2n) is 5.29. The van der Waals surface area contributed by atoms with Gasteiger partial charge in [0.15, 0.2) is 0 Å². The van der Waals surface area contributed by atoms with Gasteiger partial charge in [0.05, 0.1) is 0 Å². The molecule has 0 amide bonds. The fourth-order valence-corrected chi connectivity index (χ4v) is 2.77. The molecule has 16 heavy (non-hydrogen) atoms. The summed E-state index contributed by atoms with van der Waals surface area (Å²) in [6.07, 6.45) is 7.54. The first-order valence-electron chi connectivity index (χ1n) is 6.70. The van der Waals surface area contributed by atoms with E-state index in [1.54, 1.807) is 0 Å². The van der Waals surface area contributed by atoms with Crippen LogP contribution < -0.4 is 5.32 Å². The van der Waals surface area contributed by atoms with Crippen molar-refractivity contribution in [3.05, 3.63) is 12.7 Å². The summed E-state index contributed by atoms with van der Waals surface area (Å²) in [4.78, 5) is 2.57. The summed E-state index contributed by atoms with van der Waals surface area (Å²) < 4.78 is 0. The molecule has 3 unspecified atom stereocenters. The monoisotopic (exact) mass is 224 g/mol. The molecule has 2 nitrogen and oxygen atoms in total. The Morgan fingerprint density at radius 1 is 1.44 bits per heavy atom. The molecule has 1 N–H and O–H groups in total. The molecule has 1 aliphatic carbocycles. The first-order chi connectivity index (χ1) is 7.66. The number of nitrogens with one attached hydrogen (secondary N) is 1. The second-order valence-corrected chi connectivity index (χ2v) is 5.29. The predicted octanol–water partition coefficient (Wildman–Crippen LogP) is 2.66. The summed E-state index contributed by atoms with van der Waals surface area (Å²) in [5, 5.41) is 3.41. The largest absolute Gasteiger partial charge is 0.312 e. The Hall–Kier alpha value is -0.340. The molecule has 3 atom stereocenters. The summed E-state index contributed by atoms with van der Waals surface area (Å²) >= 11 is 0. The summed E-state index contributed by atoms with van der Waals surface area (Å²) in [6.45, 7) is 10.4. The van der Waals surface area contributed by atoms with E-state index >= 15 is 0 Å². The maximum absolute atomic E-state index is 3.73. The average Bonchev–Trinajstić information content (AvgIpc) is 2.29. The summed E-state index contributed by atoms with van der Waals surface area (Å²) in [5.74, 6) is 0.862. The van der Waals surface area contributed by atoms with Gasteiger partial charge < -0.3 is 5.32 Å². The van der Waals surface area contributed by atoms with E-state index < -0.39 is 0 Å². The lowest BCUT2D eigenvalue weighted by Crippen LogP contribution is -2.47. The van der Waals surface area contributed by atoms with E-state index in [0.29, 0.717) is 6.04 Å². The molecular weight excluding hydrogens is 196 g/mol. The number of nitrogens with zero attached hydrogens (tertiary/aromatic N) is 1. The zero-order valence-corrected chi connectivity index (χ0v) is 11.2. The van der Waals surface area contributed by atoms with Gasteiger partial charge in [-0.3, -0.25) is 4.90 Å². The minimum absolute atomic E-state index is 0.616. The lowest BCUT2D eigenvalue weighted by Gasteiger charge is -2.39. The molecule has 0 heterocycles. The third-order valence-electron chi connectivity index (χ3n) is 4.01. The van der Waals surface area contributed by atoms with Gasteiger partial charge in [-0.2, -0.15) is 0 Å². The van der Waals surface area contributed by atoms with Crippen LogP contribution in [0, 0.1) is 5.92 Å². The van der Waals surface area contributed by atoms with Gasteiger partial charge in [0.2, 0.25) is 0 Å². The van der Waals surface area contributed by atoms with Crippen molar-refractivity contribution < 1.29 is 0 Å². The molecule has 0 aliphatic heterocycles. The van der Waals surface area contributed by atoms with Crippen LogP contribution in [0.15, 0.2) is 12.7 Å². The molecule has 0 spiro atoms. The van der Waals surface area contributed by atoms with Crippen LogP contribution in [0.2, 0.25) is 0 Å². The van der Waals surface area contributed by atoms with Gasteiger partial charge in [0.25, 0.3) is 0 Å². The van der Waals surface area contributed by atoms with Crippen LogP contribution in [0.25, 0.3) is 0 Å². The minimum atomic E-state index is 0.616. The van der Waals surface area contributed by atoms with Gasteiger partial charge in [0, 0.05) is 25.2 Å². The maximum Gasteiger partial charge on any atom is 0.0192 e. The van der Waals surface area contributed by atoms with Crippen LogP contribution in [0.5, 0.6) is 0 Å². The fourth-order valence-electron chi connectivity index (χ4n) is 2.77. The van der Waals surface area contributed by atoms with E-state index in [2.05, 4.69) is 37.7 Å². The van der Waals surface area contributed by atoms with Gasteiger partial charge in [-0.05, 0) is 32.7 Å². The number of rotatable bonds is 6. The molecule has 0 aromatic carbocycles. The van der Waals surface area contributed by atoms with Gasteiger partial charge >= 0.3 is 0 Å². The summed E-state index contributed by atoms with van der Waals surface area (Å²) in [7, 11) is 2.28. The van der Waals surface area contributed by atoms with Gasteiger partial charge in [-0.15, -0.1) is 6.58 Å². The molecular formula is C14H28N2. The van der Waals surface area contributed by atoms with Crippen molar-refractivity contribution in [2.75, 3.05) is 20.1 Å². The topological polar surface area (TPSA) is 15.3 Å². The Kier molecular flexibility index (Phi) is 6.07. The Labute approximate surface area is 101 Å². The van der Waals surface area contributed by atoms with Crippen molar-refractivity contribution in [1.29, 1.82) is 0 Å². The van der Waals surface area contributed by atoms with Crippen molar-refractivity contribution in [2.45, 2.75) is 51.6 Å². The van der Waals surface area contributed by atoms with Crippen molar-refractivity contribution in [2.24, 2.45) is 5.92 Å². The molecule has 1 saturated carbocycles. The Morgan fingerprint density at radius 3 is 2.75 bits per heavy atom. The van der Waals surface area contributed by atoms with Crippen LogP contribution in [0.4, 0.5) is 0 Å². The predicted molar refractivity (Wildman–Crippen MR) is 71.7 cm³/mol. The number of hydrogen-bond acceptors (Lipinski definition) is 2. The molecule has 2 heteroatoms. The van der Waals surface area contributed by atoms with Gasteiger partial charge in [-0.25, -0.2) is 0 Å². The molecule has 0 saturated heterocycles. The van der Waals surface area contributed by atoms with E-state index in [9.17, 15) is 0 Å². The highest BCUT2D eigenvalue weighted by molar-refractivity contribution is 4.83. The molecule has 0 aromatic rings. The molecule has 1 rings (SSSR count). The minimum Gasteiger partial charge on any atom is -0.312 e. The van der Waals surface area contributed by atoms with Gasteiger partial charge in [0.1, 0.15) is 0 Å². The summed E-state index contributed by atoms with van der Waals surface area (Å²) in [6, 6.07) is 1.40. The molecule has 0 aromatic heterocycles. The SMILES string of the molecule is C=CCNCC(C)N(C)C1CCCCC1C. The smallest absolute Gasteiger partial charge is 0.0192 e. The second kappa shape index (κ2) is 7.08. The zero-order valence-electron chi connectivity index (χ0n) is 11.2. The molecule has 1 aliphatic rings. The van der Waals surface area contributed by atoms with E-state index in [1.807, 2.05) is 6.08 Å². The normalized spacial score (nSPS) is 28.0. The Bertz CT molecular complexity index is 203. The van der Waals surface area contributed by atoms with Crippen molar-refractivity contribution in [1.82, 2.24) is 10.2 Å². The van der Waals surface area contributed by atoms with Crippen molar-refractivity contribution >= 4 is 0 Å². The summed E-state index contributed by atoms with van der Waals surface area (Å²) in [5.41, 5.74) is 0. The highest BCUT2D eigenvalue weighted by atomic mass is 15.2. The van der Waals surface area contributed by atoms with E-state index in [4.69, 9.17) is 0 Å². The van der Waals surface area contributed by atoms with Crippen LogP contribution >= 0.6 is 0 Å². The quantitative estimate of drug-likeness (QED) is 0.551. The molecule has 1 fully saturated rings. The van der Waals surface area contributed by atoms with E-state index in [-0.39, 0.29) is 0 Å². The van der Waals surface area contributed by atoms with Crippen molar-refractivity contribution in [3.63, 3.8) is 0 Å². The first-order valence-corrected chi connectivity index (χ1v) is 6.70. The van der Waals surface area contributed by atoms with Gasteiger partial charge in [-0.1, -0.05) is 25.8 Å². The van der Waals surface area contributed by atoms with Crippen LogP contribution in [-0.2, 0) is 0 Å². The third kappa shape index (κ3) is 3.91. The zero-order chi connectivity index (χ0) is 12.0. The highest BCUT2D eigenvalue weighted by Gasteiger charge is 2.27. The highest BCUT2D eigenvalue weighted by Crippen LogP contribution is 2.28.